The fourth-order valence-corrected chi connectivity index (χ4v) is 2.97. The molecule has 0 aliphatic rings. The zero-order valence-electron chi connectivity index (χ0n) is 14.8. The molecule has 4 rings (SSSR count). The molecule has 4 aromatic rings. The Kier molecular flexibility index (Phi) is 5.38. The van der Waals surface area contributed by atoms with Gasteiger partial charge in [-0.1, -0.05) is 40.5 Å². The molecule has 0 radical (unpaired) electrons. The third-order valence-electron chi connectivity index (χ3n) is 4.05. The first-order chi connectivity index (χ1) is 13.6. The van der Waals surface area contributed by atoms with Crippen molar-refractivity contribution in [2.24, 2.45) is 0 Å². The zero-order valence-corrected chi connectivity index (χ0v) is 16.4. The topological polar surface area (TPSA) is 78.9 Å². The molecule has 2 aromatic carbocycles. The van der Waals surface area contributed by atoms with Gasteiger partial charge in [-0.3, -0.25) is 0 Å². The Bertz CT molecular complexity index is 1070. The molecule has 0 spiro atoms. The van der Waals surface area contributed by atoms with Crippen LogP contribution in [0.25, 0.3) is 17.3 Å². The second-order valence-electron chi connectivity index (χ2n) is 6.01. The molecule has 28 heavy (non-hydrogen) atoms. The number of halogens is 2. The van der Waals surface area contributed by atoms with E-state index >= 15 is 0 Å². The predicted octanol–water partition coefficient (Wildman–Crippen LogP) is 4.36. The van der Waals surface area contributed by atoms with Crippen molar-refractivity contribution in [3.05, 3.63) is 75.7 Å². The Morgan fingerprint density at radius 1 is 0.929 bits per heavy atom. The van der Waals surface area contributed by atoms with E-state index in [9.17, 15) is 0 Å². The van der Waals surface area contributed by atoms with Crippen LogP contribution in [0, 0.1) is 0 Å². The summed E-state index contributed by atoms with van der Waals surface area (Å²) in [6.07, 6.45) is 0.495. The summed E-state index contributed by atoms with van der Waals surface area (Å²) in [6.45, 7) is 0.278. The van der Waals surface area contributed by atoms with Gasteiger partial charge in [0, 0.05) is 17.2 Å². The van der Waals surface area contributed by atoms with Gasteiger partial charge in [0.15, 0.2) is 5.69 Å². The van der Waals surface area contributed by atoms with Gasteiger partial charge < -0.3 is 9.15 Å². The number of ether oxygens (including phenoxy) is 1. The second-order valence-corrected chi connectivity index (χ2v) is 6.88. The SMILES string of the molecule is COCc1c(-c2nnc(Cc3ccc(Cl)cc3)o2)nnn1-c1ccc(Cl)cc1. The molecule has 0 N–H and O–H groups in total. The molecule has 2 aromatic heterocycles. The van der Waals surface area contributed by atoms with Gasteiger partial charge in [-0.15, -0.1) is 15.3 Å². The lowest BCUT2D eigenvalue weighted by atomic mass is 10.1. The molecule has 0 atom stereocenters. The molecule has 7 nitrogen and oxygen atoms in total. The monoisotopic (exact) mass is 415 g/mol. The summed E-state index contributed by atoms with van der Waals surface area (Å²) < 4.78 is 12.8. The number of rotatable bonds is 6. The van der Waals surface area contributed by atoms with Crippen LogP contribution in [-0.2, 0) is 17.8 Å². The lowest BCUT2D eigenvalue weighted by Gasteiger charge is -2.06. The van der Waals surface area contributed by atoms with E-state index in [4.69, 9.17) is 32.4 Å². The normalized spacial score (nSPS) is 11.1. The third kappa shape index (κ3) is 3.91. The number of hydrogen-bond donors (Lipinski definition) is 0. The first-order valence-electron chi connectivity index (χ1n) is 8.40. The van der Waals surface area contributed by atoms with E-state index in [0.717, 1.165) is 11.3 Å². The first kappa shape index (κ1) is 18.6. The third-order valence-corrected chi connectivity index (χ3v) is 4.56. The Balaban J connectivity index is 1.64. The van der Waals surface area contributed by atoms with Crippen LogP contribution in [0.5, 0.6) is 0 Å². The van der Waals surface area contributed by atoms with Crippen molar-refractivity contribution in [3.8, 4) is 17.3 Å². The lowest BCUT2D eigenvalue weighted by Crippen LogP contribution is -2.04. The Morgan fingerprint density at radius 2 is 1.61 bits per heavy atom. The van der Waals surface area contributed by atoms with Gasteiger partial charge in [0.25, 0.3) is 5.89 Å². The van der Waals surface area contributed by atoms with Crippen molar-refractivity contribution in [1.29, 1.82) is 0 Å². The molecule has 0 saturated carbocycles. The van der Waals surface area contributed by atoms with E-state index in [1.807, 2.05) is 36.4 Å². The Labute approximate surface area is 170 Å². The average molecular weight is 416 g/mol. The van der Waals surface area contributed by atoms with Crippen LogP contribution in [0.3, 0.4) is 0 Å². The molecule has 0 bridgehead atoms. The minimum atomic E-state index is 0.278. The molecule has 0 saturated heterocycles. The molecular formula is C19H15Cl2N5O2. The van der Waals surface area contributed by atoms with E-state index in [-0.39, 0.29) is 12.5 Å². The van der Waals surface area contributed by atoms with Crippen LogP contribution < -0.4 is 0 Å². The van der Waals surface area contributed by atoms with Crippen molar-refractivity contribution >= 4 is 23.2 Å². The second kappa shape index (κ2) is 8.10. The van der Waals surface area contributed by atoms with Gasteiger partial charge >= 0.3 is 0 Å². The number of benzene rings is 2. The highest BCUT2D eigenvalue weighted by Crippen LogP contribution is 2.24. The number of methoxy groups -OCH3 is 1. The maximum Gasteiger partial charge on any atom is 0.270 e. The molecule has 0 aliphatic carbocycles. The summed E-state index contributed by atoms with van der Waals surface area (Å²) in [4.78, 5) is 0. The van der Waals surface area contributed by atoms with Crippen molar-refractivity contribution in [2.45, 2.75) is 13.0 Å². The summed E-state index contributed by atoms with van der Waals surface area (Å²) >= 11 is 11.9. The molecule has 0 aliphatic heterocycles. The van der Waals surface area contributed by atoms with Crippen LogP contribution in [0.1, 0.15) is 17.1 Å². The van der Waals surface area contributed by atoms with Crippen LogP contribution in [-0.4, -0.2) is 32.3 Å². The van der Waals surface area contributed by atoms with Gasteiger partial charge in [-0.05, 0) is 42.0 Å². The summed E-state index contributed by atoms with van der Waals surface area (Å²) in [5, 5.41) is 18.0. The largest absolute Gasteiger partial charge is 0.419 e. The highest BCUT2D eigenvalue weighted by molar-refractivity contribution is 6.30. The molecular weight excluding hydrogens is 401 g/mol. The number of aromatic nitrogens is 5. The van der Waals surface area contributed by atoms with Crippen molar-refractivity contribution in [2.75, 3.05) is 7.11 Å². The average Bonchev–Trinajstić information content (AvgIpc) is 3.32. The van der Waals surface area contributed by atoms with E-state index < -0.39 is 0 Å². The van der Waals surface area contributed by atoms with Crippen molar-refractivity contribution in [1.82, 2.24) is 25.2 Å². The van der Waals surface area contributed by atoms with Gasteiger partial charge in [0.05, 0.1) is 18.7 Å². The molecule has 0 unspecified atom stereocenters. The van der Waals surface area contributed by atoms with Gasteiger partial charge in [-0.25, -0.2) is 4.68 Å². The standard InChI is InChI=1S/C19H15Cl2N5O2/c1-27-11-16-18(23-25-26(16)15-8-6-14(21)7-9-15)19-24-22-17(28-19)10-12-2-4-13(20)5-3-12/h2-9H,10-11H2,1H3. The van der Waals surface area contributed by atoms with Crippen LogP contribution in [0.15, 0.2) is 52.9 Å². The minimum Gasteiger partial charge on any atom is -0.419 e. The quantitative estimate of drug-likeness (QED) is 0.465. The Hall–Kier alpha value is -2.74. The summed E-state index contributed by atoms with van der Waals surface area (Å²) in [5.74, 6) is 0.762. The van der Waals surface area contributed by atoms with E-state index in [1.165, 1.54) is 0 Å². The van der Waals surface area contributed by atoms with E-state index in [2.05, 4.69) is 20.5 Å². The first-order valence-corrected chi connectivity index (χ1v) is 9.16. The summed E-state index contributed by atoms with van der Waals surface area (Å²) in [6, 6.07) is 14.7. The van der Waals surface area contributed by atoms with Crippen LogP contribution in [0.2, 0.25) is 10.0 Å². The van der Waals surface area contributed by atoms with Crippen LogP contribution >= 0.6 is 23.2 Å². The summed E-state index contributed by atoms with van der Waals surface area (Å²) in [5.41, 5.74) is 3.00. The minimum absolute atomic E-state index is 0.278. The highest BCUT2D eigenvalue weighted by Gasteiger charge is 2.21. The molecule has 0 fully saturated rings. The number of hydrogen-bond acceptors (Lipinski definition) is 6. The highest BCUT2D eigenvalue weighted by atomic mass is 35.5. The fraction of sp³-hybridized carbons (Fsp3) is 0.158. The smallest absolute Gasteiger partial charge is 0.270 e. The molecule has 2 heterocycles. The molecule has 0 amide bonds. The Morgan fingerprint density at radius 3 is 2.29 bits per heavy atom. The lowest BCUT2D eigenvalue weighted by molar-refractivity contribution is 0.179. The number of nitrogens with zero attached hydrogens (tertiary/aromatic N) is 5. The van der Waals surface area contributed by atoms with Crippen LogP contribution in [0.4, 0.5) is 0 Å². The zero-order chi connectivity index (χ0) is 19.5. The fourth-order valence-electron chi connectivity index (χ4n) is 2.72. The van der Waals surface area contributed by atoms with Crippen molar-refractivity contribution < 1.29 is 9.15 Å². The van der Waals surface area contributed by atoms with Crippen molar-refractivity contribution in [3.63, 3.8) is 0 Å². The molecule has 9 heteroatoms. The van der Waals surface area contributed by atoms with E-state index in [0.29, 0.717) is 33.7 Å². The maximum absolute atomic E-state index is 5.97. The summed E-state index contributed by atoms with van der Waals surface area (Å²) in [7, 11) is 1.60. The van der Waals surface area contributed by atoms with E-state index in [1.54, 1.807) is 23.9 Å². The maximum atomic E-state index is 5.97. The van der Waals surface area contributed by atoms with Gasteiger partial charge in [-0.2, -0.15) is 0 Å². The molecule has 142 valence electrons. The predicted molar refractivity (Wildman–Crippen MR) is 105 cm³/mol. The van der Waals surface area contributed by atoms with Gasteiger partial charge in [0.1, 0.15) is 5.69 Å². The van der Waals surface area contributed by atoms with Gasteiger partial charge in [0.2, 0.25) is 5.89 Å².